The molecule has 18 heavy (non-hydrogen) atoms. The first-order valence-corrected chi connectivity index (χ1v) is 6.52. The fraction of sp³-hybridized carbons (Fsp3) is 0.0833. The van der Waals surface area contributed by atoms with Crippen molar-refractivity contribution >= 4 is 39.1 Å². The number of aryl methyl sites for hydroxylation is 1. The maximum atomic E-state index is 11.4. The largest absolute Gasteiger partial charge is 0.451 e. The molecule has 94 valence electrons. The molecule has 3 nitrogen and oxygen atoms in total. The molecule has 1 heterocycles. The standard InChI is InChI=1S/C12H8BrCl2NO2/c1-16-6-10(7(13)5-11(16)17)18-12-8(14)3-2-4-9(12)15/h2-6H,1H3. The van der Waals surface area contributed by atoms with E-state index in [1.807, 2.05) is 0 Å². The van der Waals surface area contributed by atoms with E-state index in [1.54, 1.807) is 31.4 Å². The zero-order valence-electron chi connectivity index (χ0n) is 9.28. The second-order valence-electron chi connectivity index (χ2n) is 3.59. The van der Waals surface area contributed by atoms with E-state index in [-0.39, 0.29) is 5.56 Å². The maximum absolute atomic E-state index is 11.4. The van der Waals surface area contributed by atoms with Crippen molar-refractivity contribution in [2.24, 2.45) is 7.05 Å². The van der Waals surface area contributed by atoms with Crippen LogP contribution in [0, 0.1) is 0 Å². The summed E-state index contributed by atoms with van der Waals surface area (Å²) in [6, 6.07) is 6.50. The van der Waals surface area contributed by atoms with Crippen LogP contribution in [-0.2, 0) is 7.05 Å². The lowest BCUT2D eigenvalue weighted by Gasteiger charge is -2.11. The summed E-state index contributed by atoms with van der Waals surface area (Å²) in [5, 5.41) is 0.812. The van der Waals surface area contributed by atoms with Gasteiger partial charge < -0.3 is 9.30 Å². The van der Waals surface area contributed by atoms with E-state index in [1.165, 1.54) is 10.6 Å². The third kappa shape index (κ3) is 2.71. The lowest BCUT2D eigenvalue weighted by Crippen LogP contribution is -2.14. The molecule has 0 N–H and O–H groups in total. The number of pyridine rings is 1. The van der Waals surface area contributed by atoms with Gasteiger partial charge in [-0.2, -0.15) is 0 Å². The van der Waals surface area contributed by atoms with Crippen LogP contribution in [-0.4, -0.2) is 4.57 Å². The van der Waals surface area contributed by atoms with Crippen LogP contribution in [0.15, 0.2) is 39.7 Å². The fourth-order valence-electron chi connectivity index (χ4n) is 1.35. The van der Waals surface area contributed by atoms with E-state index in [0.29, 0.717) is 26.0 Å². The summed E-state index contributed by atoms with van der Waals surface area (Å²) in [6.45, 7) is 0. The highest BCUT2D eigenvalue weighted by Gasteiger charge is 2.11. The van der Waals surface area contributed by atoms with Crippen LogP contribution in [0.4, 0.5) is 0 Å². The molecular formula is C12H8BrCl2NO2. The van der Waals surface area contributed by atoms with E-state index in [4.69, 9.17) is 27.9 Å². The molecule has 0 aliphatic heterocycles. The Bertz CT molecular complexity index is 635. The predicted molar refractivity (Wildman–Crippen MR) is 75.9 cm³/mol. The monoisotopic (exact) mass is 347 g/mol. The Morgan fingerprint density at radius 3 is 2.50 bits per heavy atom. The Kier molecular flexibility index (Phi) is 4.00. The molecule has 0 spiro atoms. The zero-order valence-corrected chi connectivity index (χ0v) is 12.4. The molecule has 0 amide bonds. The van der Waals surface area contributed by atoms with Crippen molar-refractivity contribution in [2.45, 2.75) is 0 Å². The Hall–Kier alpha value is -0.970. The van der Waals surface area contributed by atoms with Gasteiger partial charge in [-0.05, 0) is 28.1 Å². The van der Waals surface area contributed by atoms with Gasteiger partial charge in [0, 0.05) is 13.1 Å². The third-order valence-electron chi connectivity index (χ3n) is 2.28. The van der Waals surface area contributed by atoms with Gasteiger partial charge in [-0.1, -0.05) is 29.3 Å². The highest BCUT2D eigenvalue weighted by atomic mass is 79.9. The molecule has 0 aliphatic carbocycles. The molecule has 0 saturated heterocycles. The molecular weight excluding hydrogens is 341 g/mol. The van der Waals surface area contributed by atoms with E-state index in [0.717, 1.165) is 0 Å². The van der Waals surface area contributed by atoms with Crippen LogP contribution in [0.25, 0.3) is 0 Å². The average Bonchev–Trinajstić information content (AvgIpc) is 2.30. The minimum atomic E-state index is -0.139. The molecule has 1 aromatic heterocycles. The van der Waals surface area contributed by atoms with E-state index in [9.17, 15) is 4.79 Å². The average molecular weight is 349 g/mol. The Labute approximate surface area is 122 Å². The minimum absolute atomic E-state index is 0.139. The molecule has 0 atom stereocenters. The first kappa shape index (κ1) is 13.5. The summed E-state index contributed by atoms with van der Waals surface area (Å²) in [4.78, 5) is 11.4. The number of nitrogens with zero attached hydrogens (tertiary/aromatic N) is 1. The smallest absolute Gasteiger partial charge is 0.251 e. The fourth-order valence-corrected chi connectivity index (χ4v) is 2.20. The Morgan fingerprint density at radius 2 is 1.89 bits per heavy atom. The second kappa shape index (κ2) is 5.34. The second-order valence-corrected chi connectivity index (χ2v) is 5.26. The van der Waals surface area contributed by atoms with E-state index in [2.05, 4.69) is 15.9 Å². The Morgan fingerprint density at radius 1 is 1.28 bits per heavy atom. The van der Waals surface area contributed by atoms with Crippen molar-refractivity contribution in [3.8, 4) is 11.5 Å². The first-order valence-electron chi connectivity index (χ1n) is 4.97. The molecule has 0 radical (unpaired) electrons. The number of halogens is 3. The number of hydrogen-bond donors (Lipinski definition) is 0. The van der Waals surface area contributed by atoms with E-state index >= 15 is 0 Å². The molecule has 2 aromatic rings. The van der Waals surface area contributed by atoms with Gasteiger partial charge in [0.15, 0.2) is 11.5 Å². The van der Waals surface area contributed by atoms with E-state index < -0.39 is 0 Å². The first-order chi connectivity index (χ1) is 8.49. The topological polar surface area (TPSA) is 31.2 Å². The van der Waals surface area contributed by atoms with Gasteiger partial charge in [0.25, 0.3) is 5.56 Å². The number of para-hydroxylation sites is 1. The van der Waals surface area contributed by atoms with Crippen molar-refractivity contribution in [1.29, 1.82) is 0 Å². The Balaban J connectivity index is 2.46. The third-order valence-corrected chi connectivity index (χ3v) is 3.49. The highest BCUT2D eigenvalue weighted by Crippen LogP contribution is 2.37. The van der Waals surface area contributed by atoms with Gasteiger partial charge in [0.2, 0.25) is 0 Å². The normalized spacial score (nSPS) is 10.4. The number of hydrogen-bond acceptors (Lipinski definition) is 2. The summed E-state index contributed by atoms with van der Waals surface area (Å²) in [7, 11) is 1.63. The van der Waals surface area contributed by atoms with Crippen molar-refractivity contribution in [2.75, 3.05) is 0 Å². The van der Waals surface area contributed by atoms with Crippen LogP contribution in [0.1, 0.15) is 0 Å². The van der Waals surface area contributed by atoms with Gasteiger partial charge >= 0.3 is 0 Å². The molecule has 0 bridgehead atoms. The quantitative estimate of drug-likeness (QED) is 0.812. The maximum Gasteiger partial charge on any atom is 0.251 e. The number of benzene rings is 1. The lowest BCUT2D eigenvalue weighted by atomic mass is 10.3. The summed E-state index contributed by atoms with van der Waals surface area (Å²) in [5.74, 6) is 0.826. The zero-order chi connectivity index (χ0) is 13.3. The van der Waals surface area contributed by atoms with Gasteiger partial charge in [-0.3, -0.25) is 4.79 Å². The molecule has 6 heteroatoms. The molecule has 0 fully saturated rings. The summed E-state index contributed by atoms with van der Waals surface area (Å²) >= 11 is 15.3. The van der Waals surface area contributed by atoms with Crippen LogP contribution in [0.2, 0.25) is 10.0 Å². The number of aromatic nitrogens is 1. The van der Waals surface area contributed by atoms with Crippen molar-refractivity contribution < 1.29 is 4.74 Å². The van der Waals surface area contributed by atoms with Crippen LogP contribution < -0.4 is 10.3 Å². The summed E-state index contributed by atoms with van der Waals surface area (Å²) in [5.41, 5.74) is -0.139. The molecule has 1 aromatic carbocycles. The van der Waals surface area contributed by atoms with Crippen molar-refractivity contribution in [1.82, 2.24) is 4.57 Å². The highest BCUT2D eigenvalue weighted by molar-refractivity contribution is 9.10. The van der Waals surface area contributed by atoms with Crippen molar-refractivity contribution in [3.63, 3.8) is 0 Å². The van der Waals surface area contributed by atoms with Gasteiger partial charge in [0.1, 0.15) is 0 Å². The molecule has 0 saturated carbocycles. The number of rotatable bonds is 2. The van der Waals surface area contributed by atoms with Gasteiger partial charge in [-0.15, -0.1) is 0 Å². The van der Waals surface area contributed by atoms with Crippen LogP contribution in [0.3, 0.4) is 0 Å². The summed E-state index contributed by atoms with van der Waals surface area (Å²) in [6.07, 6.45) is 1.56. The van der Waals surface area contributed by atoms with Crippen LogP contribution in [0.5, 0.6) is 11.5 Å². The van der Waals surface area contributed by atoms with Gasteiger partial charge in [0.05, 0.1) is 20.7 Å². The van der Waals surface area contributed by atoms with Crippen LogP contribution >= 0.6 is 39.1 Å². The predicted octanol–water partition coefficient (Wildman–Crippen LogP) is 4.25. The molecule has 2 rings (SSSR count). The number of ether oxygens (including phenoxy) is 1. The molecule has 0 aliphatic rings. The van der Waals surface area contributed by atoms with Crippen molar-refractivity contribution in [3.05, 3.63) is 55.3 Å². The molecule has 0 unspecified atom stereocenters. The lowest BCUT2D eigenvalue weighted by molar-refractivity contribution is 0.473. The van der Waals surface area contributed by atoms with Gasteiger partial charge in [-0.25, -0.2) is 0 Å². The SMILES string of the molecule is Cn1cc(Oc2c(Cl)cccc2Cl)c(Br)cc1=O. The summed E-state index contributed by atoms with van der Waals surface area (Å²) < 4.78 is 7.59. The minimum Gasteiger partial charge on any atom is -0.451 e.